The monoisotopic (exact) mass is 386 g/mol. The lowest BCUT2D eigenvalue weighted by atomic mass is 9.87. The van der Waals surface area contributed by atoms with E-state index in [1.54, 1.807) is 28.9 Å². The van der Waals surface area contributed by atoms with Crippen LogP contribution in [-0.2, 0) is 12.8 Å². The Labute approximate surface area is 160 Å². The molecular formula is C19H22N4OS2. The molecule has 136 valence electrons. The van der Waals surface area contributed by atoms with Gasteiger partial charge in [-0.25, -0.2) is 10.4 Å². The molecule has 0 bridgehead atoms. The highest BCUT2D eigenvalue weighted by atomic mass is 32.1. The Morgan fingerprint density at radius 1 is 1.50 bits per heavy atom. The van der Waals surface area contributed by atoms with Crippen molar-refractivity contribution in [3.05, 3.63) is 43.8 Å². The predicted molar refractivity (Wildman–Crippen MR) is 108 cm³/mol. The van der Waals surface area contributed by atoms with Crippen molar-refractivity contribution in [2.45, 2.75) is 46.5 Å². The Kier molecular flexibility index (Phi) is 4.67. The van der Waals surface area contributed by atoms with Crippen molar-refractivity contribution in [3.63, 3.8) is 0 Å². The molecule has 5 nitrogen and oxygen atoms in total. The first-order valence-electron chi connectivity index (χ1n) is 8.95. The minimum atomic E-state index is -0.130. The van der Waals surface area contributed by atoms with E-state index < -0.39 is 0 Å². The molecule has 4 rings (SSSR count). The van der Waals surface area contributed by atoms with Crippen molar-refractivity contribution in [2.75, 3.05) is 0 Å². The number of amides is 1. The molecule has 0 aromatic carbocycles. The van der Waals surface area contributed by atoms with Crippen LogP contribution >= 0.6 is 22.7 Å². The van der Waals surface area contributed by atoms with Crippen LogP contribution in [0.2, 0.25) is 0 Å². The third-order valence-corrected chi connectivity index (χ3v) is 7.27. The van der Waals surface area contributed by atoms with Crippen LogP contribution in [0.1, 0.15) is 57.0 Å². The lowest BCUT2D eigenvalue weighted by molar-refractivity contribution is 0.0959. The maximum atomic E-state index is 12.5. The van der Waals surface area contributed by atoms with Crippen LogP contribution in [0.5, 0.6) is 0 Å². The molecule has 0 unspecified atom stereocenters. The van der Waals surface area contributed by atoms with Crippen molar-refractivity contribution < 1.29 is 4.79 Å². The molecule has 0 saturated heterocycles. The zero-order valence-electron chi connectivity index (χ0n) is 15.2. The van der Waals surface area contributed by atoms with Crippen LogP contribution in [0, 0.1) is 19.8 Å². The van der Waals surface area contributed by atoms with Gasteiger partial charge in [-0.1, -0.05) is 13.3 Å². The fourth-order valence-corrected chi connectivity index (χ4v) is 5.56. The maximum Gasteiger partial charge on any atom is 0.281 e. The number of aryl methyl sites for hydroxylation is 3. The second-order valence-electron chi connectivity index (χ2n) is 6.85. The molecule has 0 radical (unpaired) electrons. The predicted octanol–water partition coefficient (Wildman–Crippen LogP) is 4.35. The maximum absolute atomic E-state index is 12.5. The molecule has 3 aromatic rings. The first-order valence-corrected chi connectivity index (χ1v) is 10.6. The van der Waals surface area contributed by atoms with Crippen LogP contribution in [-0.4, -0.2) is 21.5 Å². The number of aromatic nitrogens is 2. The van der Waals surface area contributed by atoms with Crippen LogP contribution in [0.25, 0.3) is 4.96 Å². The van der Waals surface area contributed by atoms with E-state index in [1.807, 2.05) is 13.8 Å². The van der Waals surface area contributed by atoms with Crippen LogP contribution in [0.3, 0.4) is 0 Å². The van der Waals surface area contributed by atoms with Gasteiger partial charge in [-0.15, -0.1) is 22.7 Å². The molecule has 1 atom stereocenters. The number of thiazole rings is 1. The summed E-state index contributed by atoms with van der Waals surface area (Å²) in [6.45, 7) is 6.25. The number of carbonyl (C=O) groups excluding carboxylic acids is 1. The molecule has 3 aromatic heterocycles. The van der Waals surface area contributed by atoms with Crippen molar-refractivity contribution in [3.8, 4) is 0 Å². The number of nitrogens with zero attached hydrogens (tertiary/aromatic N) is 3. The number of carbonyl (C=O) groups is 1. The smallest absolute Gasteiger partial charge is 0.281 e. The van der Waals surface area contributed by atoms with Crippen molar-refractivity contribution in [1.29, 1.82) is 0 Å². The fourth-order valence-electron chi connectivity index (χ4n) is 3.54. The number of fused-ring (bicyclic) bond motifs is 2. The third-order valence-electron chi connectivity index (χ3n) is 5.09. The molecule has 3 heterocycles. The van der Waals surface area contributed by atoms with E-state index in [4.69, 9.17) is 0 Å². The highest BCUT2D eigenvalue weighted by Gasteiger charge is 2.22. The summed E-state index contributed by atoms with van der Waals surface area (Å²) in [5, 5.41) is 6.25. The largest absolute Gasteiger partial charge is 0.286 e. The van der Waals surface area contributed by atoms with E-state index >= 15 is 0 Å². The second-order valence-corrected chi connectivity index (χ2v) is 8.83. The Hall–Kier alpha value is -1.99. The van der Waals surface area contributed by atoms with Crippen molar-refractivity contribution in [1.82, 2.24) is 14.8 Å². The number of hydrogen-bond donors (Lipinski definition) is 1. The Morgan fingerprint density at radius 2 is 2.35 bits per heavy atom. The first kappa shape index (κ1) is 17.4. The average molecular weight is 387 g/mol. The number of thiophene rings is 1. The standard InChI is InChI=1S/C19H22N4OS2/c1-4-13-5-6-16-14(7-13)8-17(26-16)18(24)22-20-9-15-12(3)21-19-23(15)11(2)10-25-19/h8-10,13H,4-7H2,1-3H3,(H,22,24)/b20-9-/t13-/m0/s1. The molecule has 0 aliphatic heterocycles. The van der Waals surface area contributed by atoms with Crippen LogP contribution < -0.4 is 5.43 Å². The average Bonchev–Trinajstić information content (AvgIpc) is 3.30. The summed E-state index contributed by atoms with van der Waals surface area (Å²) in [6.07, 6.45) is 6.33. The quantitative estimate of drug-likeness (QED) is 0.535. The van der Waals surface area contributed by atoms with Crippen LogP contribution in [0.15, 0.2) is 16.5 Å². The summed E-state index contributed by atoms with van der Waals surface area (Å²) < 4.78 is 2.06. The molecule has 1 aliphatic rings. The van der Waals surface area contributed by atoms with Gasteiger partial charge in [-0.05, 0) is 50.7 Å². The zero-order valence-corrected chi connectivity index (χ0v) is 16.8. The van der Waals surface area contributed by atoms with Gasteiger partial charge in [-0.3, -0.25) is 9.20 Å². The second kappa shape index (κ2) is 6.96. The van der Waals surface area contributed by atoms with E-state index in [0.29, 0.717) is 0 Å². The van der Waals surface area contributed by atoms with Crippen molar-refractivity contribution in [2.24, 2.45) is 11.0 Å². The molecule has 26 heavy (non-hydrogen) atoms. The SMILES string of the molecule is CC[C@H]1CCc2sc(C(=O)N/N=C\c3c(C)nc4scc(C)n34)cc2C1. The van der Waals surface area contributed by atoms with Gasteiger partial charge >= 0.3 is 0 Å². The van der Waals surface area contributed by atoms with Crippen LogP contribution in [0.4, 0.5) is 0 Å². The van der Waals surface area contributed by atoms with E-state index in [9.17, 15) is 4.79 Å². The Morgan fingerprint density at radius 3 is 3.15 bits per heavy atom. The highest BCUT2D eigenvalue weighted by Crippen LogP contribution is 2.33. The minimum Gasteiger partial charge on any atom is -0.286 e. The molecule has 7 heteroatoms. The van der Waals surface area contributed by atoms with Crippen molar-refractivity contribution >= 4 is 39.8 Å². The number of imidazole rings is 1. The molecule has 1 amide bonds. The lowest BCUT2D eigenvalue weighted by Gasteiger charge is -2.19. The van der Waals surface area contributed by atoms with Gasteiger partial charge < -0.3 is 0 Å². The summed E-state index contributed by atoms with van der Waals surface area (Å²) in [4.78, 5) is 20.1. The minimum absolute atomic E-state index is 0.130. The Balaban J connectivity index is 1.49. The van der Waals surface area contributed by atoms with E-state index in [1.165, 1.54) is 23.3 Å². The fraction of sp³-hybridized carbons (Fsp3) is 0.421. The Bertz CT molecular complexity index is 995. The van der Waals surface area contributed by atoms with E-state index in [-0.39, 0.29) is 5.91 Å². The molecule has 1 aliphatic carbocycles. The molecule has 0 saturated carbocycles. The first-order chi connectivity index (χ1) is 12.6. The summed E-state index contributed by atoms with van der Waals surface area (Å²) in [6, 6.07) is 2.05. The van der Waals surface area contributed by atoms with E-state index in [0.717, 1.165) is 45.7 Å². The normalized spacial score (nSPS) is 17.1. The molecule has 1 N–H and O–H groups in total. The zero-order chi connectivity index (χ0) is 18.3. The van der Waals surface area contributed by atoms with Gasteiger partial charge in [0.05, 0.1) is 22.5 Å². The number of rotatable bonds is 4. The van der Waals surface area contributed by atoms with Gasteiger partial charge in [0.1, 0.15) is 0 Å². The van der Waals surface area contributed by atoms with Gasteiger partial charge in [0.15, 0.2) is 4.96 Å². The summed E-state index contributed by atoms with van der Waals surface area (Å²) in [5.41, 5.74) is 6.97. The van der Waals surface area contributed by atoms with Gasteiger partial charge in [0.25, 0.3) is 5.91 Å². The van der Waals surface area contributed by atoms with Gasteiger partial charge in [0.2, 0.25) is 0 Å². The summed E-state index contributed by atoms with van der Waals surface area (Å²) >= 11 is 3.22. The third kappa shape index (κ3) is 3.10. The van der Waals surface area contributed by atoms with E-state index in [2.05, 4.69) is 38.3 Å². The number of hydrazone groups is 1. The molecule has 0 spiro atoms. The number of hydrogen-bond acceptors (Lipinski definition) is 5. The molecular weight excluding hydrogens is 364 g/mol. The summed E-state index contributed by atoms with van der Waals surface area (Å²) in [7, 11) is 0. The lowest BCUT2D eigenvalue weighted by Crippen LogP contribution is -2.16. The highest BCUT2D eigenvalue weighted by molar-refractivity contribution is 7.15. The van der Waals surface area contributed by atoms with Gasteiger partial charge in [0, 0.05) is 16.0 Å². The summed E-state index contributed by atoms with van der Waals surface area (Å²) in [5.74, 6) is 0.626. The molecule has 0 fully saturated rings. The number of nitrogens with one attached hydrogen (secondary N) is 1. The topological polar surface area (TPSA) is 58.8 Å². The van der Waals surface area contributed by atoms with Gasteiger partial charge in [-0.2, -0.15) is 5.10 Å².